The van der Waals surface area contributed by atoms with Crippen LogP contribution in [0.15, 0.2) is 217 Å². The molecule has 2 unspecified atom stereocenters. The first-order valence-electron chi connectivity index (χ1n) is 24.5. The molecule has 2 heteroatoms. The van der Waals surface area contributed by atoms with Crippen LogP contribution in [0.1, 0.15) is 80.9 Å². The van der Waals surface area contributed by atoms with Gasteiger partial charge in [-0.1, -0.05) is 165 Å². The molecule has 2 heterocycles. The van der Waals surface area contributed by atoms with Crippen molar-refractivity contribution >= 4 is 60.6 Å². The Bertz CT molecular complexity index is 3440. The predicted octanol–water partition coefficient (Wildman–Crippen LogP) is 17.4. The summed E-state index contributed by atoms with van der Waals surface area (Å²) in [7, 11) is 0. The monoisotopic (exact) mass is 852 g/mol. The van der Waals surface area contributed by atoms with Crippen molar-refractivity contribution in [2.75, 3.05) is 0 Å². The smallest absolute Gasteiger partial charge is 0.0538 e. The SMILES string of the molecule is CCCCc1ccc(C2C=CC=C(C3=CC=C(n4c5ccccc5c5cc(-c6ccc7c(c6)c6ccccc6n7C6=CC(c7ccccc7)=CCC6C6=CCCC=C6)ccc54)CC3)C2)cc1. The third-order valence-electron chi connectivity index (χ3n) is 14.8. The molecule has 0 radical (unpaired) electrons. The lowest BCUT2D eigenvalue weighted by atomic mass is 9.83. The summed E-state index contributed by atoms with van der Waals surface area (Å²) >= 11 is 0. The number of allylic oxidation sites excluding steroid dienone is 16. The van der Waals surface area contributed by atoms with E-state index >= 15 is 0 Å². The highest BCUT2D eigenvalue weighted by Gasteiger charge is 2.27. The number of aryl methyl sites for hydroxylation is 1. The highest BCUT2D eigenvalue weighted by molar-refractivity contribution is 6.14. The standard InChI is InChI=1S/C64H56N2/c1-2-3-15-44-26-28-46(29-27-44)49-20-14-21-50(40-49)47-30-35-54(36-31-47)65-60-24-12-10-22-56(60)58-41-51(33-38-62(58)65)52-34-39-63-59(42-52)57-23-11-13-25-61(57)66(63)64-43-53(45-16-6-4-7-17-45)32-37-55(64)48-18-8-5-9-19-48/h4,6-8,10-14,16-30,32-35,38-39,41-43,49,55H,2-3,5,9,15,31,36-37,40H2,1H3. The Balaban J connectivity index is 0.890. The van der Waals surface area contributed by atoms with Gasteiger partial charge in [0.2, 0.25) is 0 Å². The van der Waals surface area contributed by atoms with E-state index in [0.717, 1.165) is 38.5 Å². The molecule has 4 aliphatic carbocycles. The Morgan fingerprint density at radius 2 is 1.27 bits per heavy atom. The molecule has 0 bridgehead atoms. The largest absolute Gasteiger partial charge is 0.313 e. The normalized spacial score (nSPS) is 18.6. The number of rotatable bonds is 10. The summed E-state index contributed by atoms with van der Waals surface area (Å²) in [6.07, 6.45) is 33.9. The van der Waals surface area contributed by atoms with E-state index in [-0.39, 0.29) is 5.92 Å². The van der Waals surface area contributed by atoms with E-state index in [2.05, 4.69) is 216 Å². The summed E-state index contributed by atoms with van der Waals surface area (Å²) < 4.78 is 5.10. The van der Waals surface area contributed by atoms with Gasteiger partial charge in [0.1, 0.15) is 0 Å². The number of nitrogens with zero attached hydrogens (tertiary/aromatic N) is 2. The van der Waals surface area contributed by atoms with Gasteiger partial charge in [-0.3, -0.25) is 0 Å². The van der Waals surface area contributed by atoms with E-state index < -0.39 is 0 Å². The molecule has 0 fully saturated rings. The lowest BCUT2D eigenvalue weighted by Gasteiger charge is -2.28. The number of hydrogen-bond acceptors (Lipinski definition) is 0. The zero-order chi connectivity index (χ0) is 44.0. The van der Waals surface area contributed by atoms with Gasteiger partial charge in [-0.25, -0.2) is 0 Å². The van der Waals surface area contributed by atoms with Crippen LogP contribution in [-0.4, -0.2) is 9.13 Å². The number of fused-ring (bicyclic) bond motifs is 6. The maximum absolute atomic E-state index is 2.57. The molecule has 4 aliphatic rings. The van der Waals surface area contributed by atoms with Crippen molar-refractivity contribution in [1.82, 2.24) is 9.13 Å². The Morgan fingerprint density at radius 1 is 0.576 bits per heavy atom. The van der Waals surface area contributed by atoms with Crippen molar-refractivity contribution in [1.29, 1.82) is 0 Å². The second kappa shape index (κ2) is 17.3. The molecule has 0 N–H and O–H groups in total. The average molecular weight is 853 g/mol. The van der Waals surface area contributed by atoms with Crippen LogP contribution in [-0.2, 0) is 6.42 Å². The van der Waals surface area contributed by atoms with Crippen LogP contribution in [0.4, 0.5) is 0 Å². The van der Waals surface area contributed by atoms with E-state index in [1.807, 2.05) is 0 Å². The fourth-order valence-electron chi connectivity index (χ4n) is 11.4. The van der Waals surface area contributed by atoms with E-state index in [1.54, 1.807) is 0 Å². The van der Waals surface area contributed by atoms with Crippen molar-refractivity contribution in [2.24, 2.45) is 5.92 Å². The van der Waals surface area contributed by atoms with Crippen LogP contribution in [0.3, 0.4) is 0 Å². The van der Waals surface area contributed by atoms with Gasteiger partial charge in [0.25, 0.3) is 0 Å². The van der Waals surface area contributed by atoms with E-state index in [4.69, 9.17) is 0 Å². The van der Waals surface area contributed by atoms with Crippen molar-refractivity contribution < 1.29 is 0 Å². The molecular weight excluding hydrogens is 797 g/mol. The van der Waals surface area contributed by atoms with Crippen molar-refractivity contribution in [3.8, 4) is 11.1 Å². The van der Waals surface area contributed by atoms with Crippen molar-refractivity contribution in [3.05, 3.63) is 234 Å². The minimum atomic E-state index is 0.283. The van der Waals surface area contributed by atoms with Gasteiger partial charge in [0, 0.05) is 44.8 Å². The number of aromatic nitrogens is 2. The first-order valence-corrected chi connectivity index (χ1v) is 24.5. The molecule has 2 atom stereocenters. The Hall–Kier alpha value is -7.16. The van der Waals surface area contributed by atoms with Gasteiger partial charge in [0.15, 0.2) is 0 Å². The summed E-state index contributed by atoms with van der Waals surface area (Å²) in [5.41, 5.74) is 20.1. The zero-order valence-electron chi connectivity index (χ0n) is 38.0. The molecular formula is C64H56N2. The van der Waals surface area contributed by atoms with E-state index in [0.29, 0.717) is 5.92 Å². The number of para-hydroxylation sites is 2. The molecule has 2 nitrogen and oxygen atoms in total. The van der Waals surface area contributed by atoms with Gasteiger partial charge >= 0.3 is 0 Å². The summed E-state index contributed by atoms with van der Waals surface area (Å²) in [6, 6.07) is 52.6. The zero-order valence-corrected chi connectivity index (χ0v) is 38.0. The van der Waals surface area contributed by atoms with Gasteiger partial charge in [0.05, 0.1) is 22.1 Å². The summed E-state index contributed by atoms with van der Waals surface area (Å²) in [4.78, 5) is 0. The molecule has 322 valence electrons. The topological polar surface area (TPSA) is 9.86 Å². The first-order chi connectivity index (χ1) is 32.7. The third kappa shape index (κ3) is 7.30. The van der Waals surface area contributed by atoms with E-state index in [9.17, 15) is 0 Å². The molecule has 2 aromatic heterocycles. The molecule has 66 heavy (non-hydrogen) atoms. The lowest BCUT2D eigenvalue weighted by molar-refractivity contribution is 0.759. The minimum Gasteiger partial charge on any atom is -0.313 e. The molecule has 0 spiro atoms. The highest BCUT2D eigenvalue weighted by Crippen LogP contribution is 2.45. The van der Waals surface area contributed by atoms with Crippen LogP contribution in [0, 0.1) is 5.92 Å². The Kier molecular flexibility index (Phi) is 10.6. The van der Waals surface area contributed by atoms with Crippen LogP contribution in [0.5, 0.6) is 0 Å². The molecule has 0 saturated carbocycles. The van der Waals surface area contributed by atoms with Crippen LogP contribution in [0.25, 0.3) is 71.7 Å². The maximum Gasteiger partial charge on any atom is 0.0538 e. The highest BCUT2D eigenvalue weighted by atomic mass is 15.0. The Labute approximate surface area is 389 Å². The minimum absolute atomic E-state index is 0.283. The lowest BCUT2D eigenvalue weighted by Crippen LogP contribution is -2.15. The quantitative estimate of drug-likeness (QED) is 0.130. The second-order valence-electron chi connectivity index (χ2n) is 18.8. The van der Waals surface area contributed by atoms with Crippen LogP contribution < -0.4 is 0 Å². The number of benzene rings is 6. The van der Waals surface area contributed by atoms with Crippen LogP contribution >= 0.6 is 0 Å². The summed E-state index contributed by atoms with van der Waals surface area (Å²) in [5.74, 6) is 0.711. The summed E-state index contributed by atoms with van der Waals surface area (Å²) in [6.45, 7) is 2.27. The molecule has 12 rings (SSSR count). The molecule has 8 aromatic rings. The van der Waals surface area contributed by atoms with Gasteiger partial charge in [-0.2, -0.15) is 0 Å². The molecule has 0 saturated heterocycles. The number of hydrogen-bond donors (Lipinski definition) is 0. The van der Waals surface area contributed by atoms with Crippen molar-refractivity contribution in [2.45, 2.75) is 70.6 Å². The average Bonchev–Trinajstić information content (AvgIpc) is 3.91. The predicted molar refractivity (Wildman–Crippen MR) is 282 cm³/mol. The molecule has 0 aliphatic heterocycles. The number of unbranched alkanes of at least 4 members (excludes halogenated alkanes) is 1. The molecule has 0 amide bonds. The summed E-state index contributed by atoms with van der Waals surface area (Å²) in [5, 5.41) is 5.18. The maximum atomic E-state index is 2.57. The Morgan fingerprint density at radius 3 is 1.97 bits per heavy atom. The van der Waals surface area contributed by atoms with Crippen molar-refractivity contribution in [3.63, 3.8) is 0 Å². The van der Waals surface area contributed by atoms with E-state index in [1.165, 1.54) is 124 Å². The first kappa shape index (κ1) is 40.4. The van der Waals surface area contributed by atoms with Gasteiger partial charge in [-0.15, -0.1) is 0 Å². The second-order valence-corrected chi connectivity index (χ2v) is 18.8. The molecule has 6 aromatic carbocycles. The fraction of sp³-hybridized carbons (Fsp3) is 0.188. The third-order valence-corrected chi connectivity index (χ3v) is 14.8. The fourth-order valence-corrected chi connectivity index (χ4v) is 11.4. The van der Waals surface area contributed by atoms with Gasteiger partial charge in [-0.05, 0) is 150 Å². The van der Waals surface area contributed by atoms with Gasteiger partial charge < -0.3 is 9.13 Å². The van der Waals surface area contributed by atoms with Crippen LogP contribution in [0.2, 0.25) is 0 Å².